The van der Waals surface area contributed by atoms with E-state index in [0.717, 1.165) is 37.8 Å². The van der Waals surface area contributed by atoms with Gasteiger partial charge in [-0.25, -0.2) is 9.97 Å². The molecule has 3 heterocycles. The van der Waals surface area contributed by atoms with Gasteiger partial charge in [0.05, 0.1) is 11.9 Å². The smallest absolute Gasteiger partial charge is 0.226 e. The number of nitrogens with zero attached hydrogens (tertiary/aromatic N) is 4. The molecule has 2 aliphatic heterocycles. The van der Waals surface area contributed by atoms with E-state index in [0.29, 0.717) is 0 Å². The number of rotatable bonds is 2. The van der Waals surface area contributed by atoms with E-state index in [1.807, 2.05) is 6.20 Å². The van der Waals surface area contributed by atoms with Crippen molar-refractivity contribution in [3.63, 3.8) is 0 Å². The summed E-state index contributed by atoms with van der Waals surface area (Å²) in [5.41, 5.74) is 1.06. The maximum absolute atomic E-state index is 4.45. The molecule has 0 amide bonds. The number of aromatic nitrogens is 2. The van der Waals surface area contributed by atoms with Gasteiger partial charge in [0.2, 0.25) is 5.95 Å². The summed E-state index contributed by atoms with van der Waals surface area (Å²) in [7, 11) is 0. The van der Waals surface area contributed by atoms with Crippen molar-refractivity contribution in [1.82, 2.24) is 9.97 Å². The van der Waals surface area contributed by atoms with Gasteiger partial charge in [0, 0.05) is 26.2 Å². The maximum atomic E-state index is 4.45. The van der Waals surface area contributed by atoms with Gasteiger partial charge in [0.15, 0.2) is 0 Å². The Balaban J connectivity index is 1.73. The Morgan fingerprint density at radius 3 is 2.12 bits per heavy atom. The lowest BCUT2D eigenvalue weighted by Gasteiger charge is -2.18. The highest BCUT2D eigenvalue weighted by molar-refractivity contribution is 5.45. The molecule has 3 rings (SSSR count). The molecule has 4 heteroatoms. The van der Waals surface area contributed by atoms with Crippen LogP contribution in [0.25, 0.3) is 0 Å². The van der Waals surface area contributed by atoms with Gasteiger partial charge in [-0.2, -0.15) is 0 Å². The Labute approximate surface area is 96.3 Å². The summed E-state index contributed by atoms with van der Waals surface area (Å²) >= 11 is 0. The van der Waals surface area contributed by atoms with Crippen LogP contribution in [0.15, 0.2) is 6.20 Å². The van der Waals surface area contributed by atoms with E-state index in [2.05, 4.69) is 26.0 Å². The number of anilines is 2. The minimum Gasteiger partial charge on any atom is -0.368 e. The van der Waals surface area contributed by atoms with Crippen LogP contribution < -0.4 is 9.80 Å². The van der Waals surface area contributed by atoms with Crippen LogP contribution in [0.1, 0.15) is 25.7 Å². The molecular formula is C12H17N4. The Hall–Kier alpha value is -1.32. The molecule has 2 aliphatic rings. The van der Waals surface area contributed by atoms with Gasteiger partial charge in [-0.1, -0.05) is 0 Å². The molecule has 16 heavy (non-hydrogen) atoms. The van der Waals surface area contributed by atoms with Gasteiger partial charge in [0.25, 0.3) is 0 Å². The van der Waals surface area contributed by atoms with Crippen molar-refractivity contribution in [1.29, 1.82) is 0 Å². The quantitative estimate of drug-likeness (QED) is 0.751. The molecule has 0 N–H and O–H groups in total. The lowest BCUT2D eigenvalue weighted by molar-refractivity contribution is 0.882. The largest absolute Gasteiger partial charge is 0.368 e. The minimum absolute atomic E-state index is 0.848. The van der Waals surface area contributed by atoms with Gasteiger partial charge in [-0.05, 0) is 25.7 Å². The van der Waals surface area contributed by atoms with Crippen molar-refractivity contribution in [3.8, 4) is 0 Å². The first-order valence-corrected chi connectivity index (χ1v) is 6.18. The van der Waals surface area contributed by atoms with Gasteiger partial charge in [-0.3, -0.25) is 0 Å². The standard InChI is InChI=1S/C12H17N4/c1-2-6-15(5-1)11-9-13-12(14-10-11)16-7-3-4-8-16/h9H,1-8H2. The summed E-state index contributed by atoms with van der Waals surface area (Å²) in [5.74, 6) is 0.848. The minimum atomic E-state index is 0.848. The van der Waals surface area contributed by atoms with Crippen molar-refractivity contribution in [2.45, 2.75) is 25.7 Å². The lowest BCUT2D eigenvalue weighted by Crippen LogP contribution is -2.22. The molecule has 0 spiro atoms. The first kappa shape index (κ1) is 9.87. The van der Waals surface area contributed by atoms with Gasteiger partial charge < -0.3 is 9.80 Å². The molecule has 1 aromatic rings. The summed E-state index contributed by atoms with van der Waals surface area (Å²) in [5, 5.41) is 0. The highest BCUT2D eigenvalue weighted by Gasteiger charge is 2.17. The summed E-state index contributed by atoms with van der Waals surface area (Å²) in [6, 6.07) is 0. The van der Waals surface area contributed by atoms with Gasteiger partial charge in [-0.15, -0.1) is 0 Å². The third-order valence-corrected chi connectivity index (χ3v) is 3.41. The lowest BCUT2D eigenvalue weighted by atomic mass is 10.4. The highest BCUT2D eigenvalue weighted by Crippen LogP contribution is 2.20. The number of hydrogen-bond donors (Lipinski definition) is 0. The highest BCUT2D eigenvalue weighted by atomic mass is 15.3. The third kappa shape index (κ3) is 1.84. The predicted octanol–water partition coefficient (Wildman–Crippen LogP) is 1.48. The molecule has 0 aromatic carbocycles. The molecular weight excluding hydrogens is 200 g/mol. The Bertz CT molecular complexity index is 302. The second-order valence-electron chi connectivity index (χ2n) is 4.56. The van der Waals surface area contributed by atoms with Crippen molar-refractivity contribution in [2.24, 2.45) is 0 Å². The fourth-order valence-electron chi connectivity index (χ4n) is 2.46. The van der Waals surface area contributed by atoms with E-state index in [-0.39, 0.29) is 0 Å². The van der Waals surface area contributed by atoms with Gasteiger partial charge in [0.1, 0.15) is 6.20 Å². The van der Waals surface area contributed by atoms with Crippen LogP contribution >= 0.6 is 0 Å². The van der Waals surface area contributed by atoms with Gasteiger partial charge >= 0.3 is 0 Å². The van der Waals surface area contributed by atoms with Crippen molar-refractivity contribution < 1.29 is 0 Å². The van der Waals surface area contributed by atoms with Crippen molar-refractivity contribution >= 4 is 11.6 Å². The summed E-state index contributed by atoms with van der Waals surface area (Å²) in [6.45, 7) is 4.44. The molecule has 0 saturated carbocycles. The van der Waals surface area contributed by atoms with E-state index in [1.165, 1.54) is 25.7 Å². The third-order valence-electron chi connectivity index (χ3n) is 3.41. The van der Waals surface area contributed by atoms with Crippen LogP contribution in [-0.2, 0) is 0 Å². The average molecular weight is 217 g/mol. The first-order valence-electron chi connectivity index (χ1n) is 6.18. The fraction of sp³-hybridized carbons (Fsp3) is 0.667. The van der Waals surface area contributed by atoms with E-state index >= 15 is 0 Å². The molecule has 0 bridgehead atoms. The van der Waals surface area contributed by atoms with Crippen LogP contribution in [0, 0.1) is 6.20 Å². The topological polar surface area (TPSA) is 32.3 Å². The normalized spacial score (nSPS) is 20.8. The SMILES string of the molecule is [c]1nc(N2CCCC2)ncc1N1CCCC1. The average Bonchev–Trinajstić information content (AvgIpc) is 3.03. The van der Waals surface area contributed by atoms with E-state index < -0.39 is 0 Å². The second kappa shape index (κ2) is 4.28. The van der Waals surface area contributed by atoms with Crippen LogP contribution in [0.2, 0.25) is 0 Å². The molecule has 2 saturated heterocycles. The molecule has 2 fully saturated rings. The molecule has 1 aromatic heterocycles. The second-order valence-corrected chi connectivity index (χ2v) is 4.56. The number of hydrogen-bond acceptors (Lipinski definition) is 4. The zero-order chi connectivity index (χ0) is 10.8. The summed E-state index contributed by atoms with van der Waals surface area (Å²) in [4.78, 5) is 13.4. The molecule has 4 nitrogen and oxygen atoms in total. The van der Waals surface area contributed by atoms with E-state index in [1.54, 1.807) is 0 Å². The van der Waals surface area contributed by atoms with E-state index in [9.17, 15) is 0 Å². The van der Waals surface area contributed by atoms with Crippen LogP contribution in [0.4, 0.5) is 11.6 Å². The van der Waals surface area contributed by atoms with Crippen molar-refractivity contribution in [3.05, 3.63) is 12.4 Å². The maximum Gasteiger partial charge on any atom is 0.226 e. The molecule has 0 atom stereocenters. The Kier molecular flexibility index (Phi) is 2.64. The summed E-state index contributed by atoms with van der Waals surface area (Å²) in [6.07, 6.45) is 10.1. The zero-order valence-electron chi connectivity index (χ0n) is 9.52. The molecule has 0 unspecified atom stereocenters. The zero-order valence-corrected chi connectivity index (χ0v) is 9.52. The summed E-state index contributed by atoms with van der Waals surface area (Å²) < 4.78 is 0. The monoisotopic (exact) mass is 217 g/mol. The molecule has 0 aliphatic carbocycles. The van der Waals surface area contributed by atoms with Crippen molar-refractivity contribution in [2.75, 3.05) is 36.0 Å². The molecule has 85 valence electrons. The predicted molar refractivity (Wildman–Crippen MR) is 63.8 cm³/mol. The fourth-order valence-corrected chi connectivity index (χ4v) is 2.46. The molecule has 1 radical (unpaired) electrons. The van der Waals surface area contributed by atoms with Crippen LogP contribution in [0.5, 0.6) is 0 Å². The first-order chi connectivity index (χ1) is 7.93. The van der Waals surface area contributed by atoms with Crippen LogP contribution in [0.3, 0.4) is 0 Å². The Morgan fingerprint density at radius 2 is 1.56 bits per heavy atom. The van der Waals surface area contributed by atoms with Crippen LogP contribution in [-0.4, -0.2) is 36.1 Å². The van der Waals surface area contributed by atoms with E-state index in [4.69, 9.17) is 0 Å². The Morgan fingerprint density at radius 1 is 0.938 bits per heavy atom.